The molecule has 1 N–H and O–H groups in total. The third kappa shape index (κ3) is 3.04. The lowest BCUT2D eigenvalue weighted by molar-refractivity contribution is -0.132. The Hall–Kier alpha value is -1.75. The number of para-hydroxylation sites is 1. The molecule has 1 heterocycles. The summed E-state index contributed by atoms with van der Waals surface area (Å²) < 4.78 is 11.6. The summed E-state index contributed by atoms with van der Waals surface area (Å²) >= 11 is 0. The lowest BCUT2D eigenvalue weighted by atomic mass is 10.1. The van der Waals surface area contributed by atoms with Crippen LogP contribution in [0.25, 0.3) is 0 Å². The van der Waals surface area contributed by atoms with E-state index in [-0.39, 0.29) is 5.91 Å². The molecule has 0 bridgehead atoms. The maximum atomic E-state index is 12.0. The predicted molar refractivity (Wildman–Crippen MR) is 77.0 cm³/mol. The number of benzene rings is 1. The van der Waals surface area contributed by atoms with E-state index in [1.807, 2.05) is 32.2 Å². The summed E-state index contributed by atoms with van der Waals surface area (Å²) in [5.41, 5.74) is 1.00. The second-order valence-corrected chi connectivity index (χ2v) is 4.86. The van der Waals surface area contributed by atoms with Crippen molar-refractivity contribution in [1.82, 2.24) is 10.2 Å². The number of carbonyl (C=O) groups excluding carboxylic acids is 1. The van der Waals surface area contributed by atoms with E-state index < -0.39 is 6.10 Å². The van der Waals surface area contributed by atoms with Crippen molar-refractivity contribution in [3.05, 3.63) is 23.8 Å². The highest BCUT2D eigenvalue weighted by Crippen LogP contribution is 2.33. The zero-order chi connectivity index (χ0) is 14.5. The molecule has 5 nitrogen and oxygen atoms in total. The van der Waals surface area contributed by atoms with E-state index in [1.54, 1.807) is 11.9 Å². The van der Waals surface area contributed by atoms with Crippen molar-refractivity contribution >= 4 is 5.91 Å². The van der Waals surface area contributed by atoms with Gasteiger partial charge in [-0.2, -0.15) is 0 Å². The van der Waals surface area contributed by atoms with E-state index in [9.17, 15) is 4.79 Å². The normalized spacial score (nSPS) is 18.4. The van der Waals surface area contributed by atoms with Crippen LogP contribution in [0, 0.1) is 0 Å². The standard InChI is InChI=1S/C15H22N2O3/c1-4-19-12-7-5-6-11(10-16-2)14(12)20-13-8-9-17(3)15(13)18/h5-7,13,16H,4,8-10H2,1-3H3. The van der Waals surface area contributed by atoms with Crippen molar-refractivity contribution in [2.24, 2.45) is 0 Å². The van der Waals surface area contributed by atoms with Gasteiger partial charge in [-0.3, -0.25) is 4.79 Å². The lowest BCUT2D eigenvalue weighted by Crippen LogP contribution is -2.30. The van der Waals surface area contributed by atoms with E-state index in [4.69, 9.17) is 9.47 Å². The molecule has 110 valence electrons. The van der Waals surface area contributed by atoms with Gasteiger partial charge < -0.3 is 19.7 Å². The Morgan fingerprint density at radius 1 is 1.45 bits per heavy atom. The van der Waals surface area contributed by atoms with Crippen LogP contribution >= 0.6 is 0 Å². The highest BCUT2D eigenvalue weighted by Gasteiger charge is 2.32. The van der Waals surface area contributed by atoms with Crippen molar-refractivity contribution in [3.63, 3.8) is 0 Å². The van der Waals surface area contributed by atoms with Crippen LogP contribution < -0.4 is 14.8 Å². The summed E-state index contributed by atoms with van der Waals surface area (Å²) in [6.07, 6.45) is 0.312. The molecule has 0 saturated carbocycles. The smallest absolute Gasteiger partial charge is 0.263 e. The monoisotopic (exact) mass is 278 g/mol. The molecule has 0 aliphatic carbocycles. The fraction of sp³-hybridized carbons (Fsp3) is 0.533. The minimum absolute atomic E-state index is 0.0340. The molecule has 1 fully saturated rings. The van der Waals surface area contributed by atoms with Crippen LogP contribution in [0.4, 0.5) is 0 Å². The minimum Gasteiger partial charge on any atom is -0.490 e. The molecule has 1 aliphatic rings. The van der Waals surface area contributed by atoms with Gasteiger partial charge in [0.05, 0.1) is 6.61 Å². The Morgan fingerprint density at radius 2 is 2.25 bits per heavy atom. The number of likely N-dealkylation sites (tertiary alicyclic amines) is 1. The van der Waals surface area contributed by atoms with Gasteiger partial charge in [0, 0.05) is 32.1 Å². The summed E-state index contributed by atoms with van der Waals surface area (Å²) in [5.74, 6) is 1.41. The maximum Gasteiger partial charge on any atom is 0.263 e. The van der Waals surface area contributed by atoms with Gasteiger partial charge in [-0.05, 0) is 20.0 Å². The van der Waals surface area contributed by atoms with Crippen LogP contribution in [0.2, 0.25) is 0 Å². The lowest BCUT2D eigenvalue weighted by Gasteiger charge is -2.19. The summed E-state index contributed by atoms with van der Waals surface area (Å²) in [5, 5.41) is 3.11. The number of likely N-dealkylation sites (N-methyl/N-ethyl adjacent to an activating group) is 1. The highest BCUT2D eigenvalue weighted by molar-refractivity contribution is 5.83. The Bertz CT molecular complexity index is 452. The first-order valence-electron chi connectivity index (χ1n) is 6.98. The molecule has 0 radical (unpaired) electrons. The highest BCUT2D eigenvalue weighted by atomic mass is 16.5. The molecule has 1 aliphatic heterocycles. The SMILES string of the molecule is CCOc1cccc(CNC)c1OC1CCN(C)C1=O. The largest absolute Gasteiger partial charge is 0.490 e. The van der Waals surface area contributed by atoms with E-state index in [0.717, 1.165) is 18.5 Å². The van der Waals surface area contributed by atoms with Crippen LogP contribution in [-0.4, -0.2) is 44.2 Å². The molecule has 0 spiro atoms. The number of hydrogen-bond acceptors (Lipinski definition) is 4. The molecule has 1 amide bonds. The average molecular weight is 278 g/mol. The van der Waals surface area contributed by atoms with Gasteiger partial charge in [0.2, 0.25) is 0 Å². The maximum absolute atomic E-state index is 12.0. The van der Waals surface area contributed by atoms with Gasteiger partial charge in [-0.1, -0.05) is 12.1 Å². The number of nitrogens with zero attached hydrogens (tertiary/aromatic N) is 1. The number of rotatable bonds is 6. The van der Waals surface area contributed by atoms with Crippen LogP contribution in [0.1, 0.15) is 18.9 Å². The molecule has 2 rings (SSSR count). The van der Waals surface area contributed by atoms with Crippen LogP contribution in [0.3, 0.4) is 0 Å². The zero-order valence-electron chi connectivity index (χ0n) is 12.3. The van der Waals surface area contributed by atoms with Gasteiger partial charge in [0.25, 0.3) is 5.91 Å². The average Bonchev–Trinajstić information content (AvgIpc) is 2.75. The Balaban J connectivity index is 2.25. The van der Waals surface area contributed by atoms with Gasteiger partial charge in [-0.15, -0.1) is 0 Å². The number of ether oxygens (including phenoxy) is 2. The molecule has 1 atom stereocenters. The van der Waals surface area contributed by atoms with Crippen LogP contribution in [-0.2, 0) is 11.3 Å². The van der Waals surface area contributed by atoms with E-state index >= 15 is 0 Å². The van der Waals surface area contributed by atoms with E-state index in [0.29, 0.717) is 24.7 Å². The molecule has 1 saturated heterocycles. The molecule has 1 aromatic carbocycles. The van der Waals surface area contributed by atoms with Gasteiger partial charge in [0.15, 0.2) is 17.6 Å². The summed E-state index contributed by atoms with van der Waals surface area (Å²) in [4.78, 5) is 13.7. The Labute approximate surface area is 119 Å². The third-order valence-electron chi connectivity index (χ3n) is 3.37. The summed E-state index contributed by atoms with van der Waals surface area (Å²) in [6, 6.07) is 5.80. The van der Waals surface area contributed by atoms with Gasteiger partial charge in [-0.25, -0.2) is 0 Å². The van der Waals surface area contributed by atoms with Crippen molar-refractivity contribution in [2.45, 2.75) is 26.0 Å². The minimum atomic E-state index is -0.405. The quantitative estimate of drug-likeness (QED) is 0.855. The molecule has 5 heteroatoms. The number of amides is 1. The topological polar surface area (TPSA) is 50.8 Å². The molecular weight excluding hydrogens is 256 g/mol. The Kier molecular flexibility index (Phi) is 4.84. The second kappa shape index (κ2) is 6.61. The van der Waals surface area contributed by atoms with Gasteiger partial charge >= 0.3 is 0 Å². The van der Waals surface area contributed by atoms with E-state index in [2.05, 4.69) is 5.32 Å². The number of carbonyl (C=O) groups is 1. The fourth-order valence-corrected chi connectivity index (χ4v) is 2.34. The van der Waals surface area contributed by atoms with Gasteiger partial charge in [0.1, 0.15) is 0 Å². The molecule has 20 heavy (non-hydrogen) atoms. The number of hydrogen-bond donors (Lipinski definition) is 1. The summed E-state index contributed by atoms with van der Waals surface area (Å²) in [7, 11) is 3.68. The fourth-order valence-electron chi connectivity index (χ4n) is 2.34. The molecule has 1 unspecified atom stereocenters. The number of nitrogens with one attached hydrogen (secondary N) is 1. The van der Waals surface area contributed by atoms with Crippen molar-refractivity contribution < 1.29 is 14.3 Å². The molecule has 0 aromatic heterocycles. The van der Waals surface area contributed by atoms with Crippen LogP contribution in [0.15, 0.2) is 18.2 Å². The van der Waals surface area contributed by atoms with Crippen molar-refractivity contribution in [3.8, 4) is 11.5 Å². The second-order valence-electron chi connectivity index (χ2n) is 4.86. The molecule has 1 aromatic rings. The first-order chi connectivity index (χ1) is 9.67. The zero-order valence-corrected chi connectivity index (χ0v) is 12.3. The Morgan fingerprint density at radius 3 is 2.85 bits per heavy atom. The van der Waals surface area contributed by atoms with Crippen LogP contribution in [0.5, 0.6) is 11.5 Å². The molecular formula is C15H22N2O3. The predicted octanol–water partition coefficient (Wildman–Crippen LogP) is 1.41. The summed E-state index contributed by atoms with van der Waals surface area (Å²) in [6.45, 7) is 3.91. The van der Waals surface area contributed by atoms with Crippen molar-refractivity contribution in [1.29, 1.82) is 0 Å². The first-order valence-corrected chi connectivity index (χ1v) is 6.98. The first kappa shape index (κ1) is 14.7. The van der Waals surface area contributed by atoms with E-state index in [1.165, 1.54) is 0 Å². The third-order valence-corrected chi connectivity index (χ3v) is 3.37. The van der Waals surface area contributed by atoms with Crippen molar-refractivity contribution in [2.75, 3.05) is 27.2 Å².